The minimum atomic E-state index is -0.435. The number of phenolic OH excluding ortho intramolecular Hbond substituents is 1. The van der Waals surface area contributed by atoms with Crippen LogP contribution in [0.25, 0.3) is 34.2 Å². The number of aromatic hydroxyl groups is 1. The van der Waals surface area contributed by atoms with Gasteiger partial charge in [-0.05, 0) is 70.0 Å². The Hall–Kier alpha value is -4.51. The number of rotatable bonds is 11. The van der Waals surface area contributed by atoms with E-state index in [1.54, 1.807) is 6.07 Å². The zero-order valence-corrected chi connectivity index (χ0v) is 27.7. The average molecular weight is 600 g/mol. The van der Waals surface area contributed by atoms with Crippen LogP contribution in [-0.4, -0.2) is 26.7 Å². The van der Waals surface area contributed by atoms with Crippen molar-refractivity contribution in [3.05, 3.63) is 112 Å². The predicted octanol–water partition coefficient (Wildman–Crippen LogP) is 10.1. The number of hydrogen-bond acceptors (Lipinski definition) is 5. The fraction of sp³-hybridized carbons (Fsp3) is 0.325. The van der Waals surface area contributed by atoms with Gasteiger partial charge >= 0.3 is 0 Å². The van der Waals surface area contributed by atoms with E-state index in [0.29, 0.717) is 29.8 Å². The molecule has 232 valence electrons. The van der Waals surface area contributed by atoms with E-state index in [1.807, 2.05) is 12.1 Å². The van der Waals surface area contributed by atoms with Gasteiger partial charge in [-0.1, -0.05) is 105 Å². The summed E-state index contributed by atoms with van der Waals surface area (Å²) in [5.74, 6) is 2.88. The molecule has 4 aromatic carbocycles. The molecule has 0 spiro atoms. The first-order valence-corrected chi connectivity index (χ1v) is 16.0. The number of hydrogen-bond donors (Lipinski definition) is 1. The summed E-state index contributed by atoms with van der Waals surface area (Å²) in [7, 11) is 0. The summed E-state index contributed by atoms with van der Waals surface area (Å²) in [4.78, 5) is 14.9. The Labute approximate surface area is 268 Å². The number of ether oxygens (including phenoxy) is 1. The largest absolute Gasteiger partial charge is 0.507 e. The average Bonchev–Trinajstić information content (AvgIpc) is 3.00. The number of unbranched alkanes of at least 4 members (excludes halogenated alkanes) is 3. The lowest BCUT2D eigenvalue weighted by Gasteiger charge is -2.27. The first kappa shape index (κ1) is 31.9. The Morgan fingerprint density at radius 3 is 1.60 bits per heavy atom. The van der Waals surface area contributed by atoms with E-state index in [2.05, 4.69) is 109 Å². The number of benzene rings is 4. The zero-order valence-electron chi connectivity index (χ0n) is 27.7. The van der Waals surface area contributed by atoms with Gasteiger partial charge in [0.1, 0.15) is 11.5 Å². The first-order chi connectivity index (χ1) is 21.5. The molecular weight excluding hydrogens is 554 g/mol. The van der Waals surface area contributed by atoms with Gasteiger partial charge in [0.25, 0.3) is 0 Å². The second kappa shape index (κ2) is 13.6. The van der Waals surface area contributed by atoms with Crippen molar-refractivity contribution in [3.63, 3.8) is 0 Å². The Bertz CT molecular complexity index is 1680. The Kier molecular flexibility index (Phi) is 9.67. The molecular formula is C40H45N3O2. The highest BCUT2D eigenvalue weighted by atomic mass is 16.5. The zero-order chi connectivity index (χ0) is 32.1. The molecule has 0 atom stereocenters. The molecule has 1 aromatic heterocycles. The van der Waals surface area contributed by atoms with Gasteiger partial charge < -0.3 is 9.84 Å². The maximum Gasteiger partial charge on any atom is 0.164 e. The molecule has 0 aliphatic heterocycles. The van der Waals surface area contributed by atoms with Crippen molar-refractivity contribution in [3.8, 4) is 45.7 Å². The van der Waals surface area contributed by atoms with Crippen molar-refractivity contribution in [2.75, 3.05) is 6.61 Å². The highest BCUT2D eigenvalue weighted by Gasteiger charge is 2.27. The van der Waals surface area contributed by atoms with Crippen LogP contribution < -0.4 is 4.74 Å². The maximum atomic E-state index is 11.0. The summed E-state index contributed by atoms with van der Waals surface area (Å²) in [5, 5.41) is 11.0. The number of nitrogens with zero attached hydrogens (tertiary/aromatic N) is 3. The van der Waals surface area contributed by atoms with Gasteiger partial charge in [-0.2, -0.15) is 0 Å². The molecule has 45 heavy (non-hydrogen) atoms. The van der Waals surface area contributed by atoms with Crippen molar-refractivity contribution >= 4 is 0 Å². The molecule has 5 heteroatoms. The minimum Gasteiger partial charge on any atom is -0.507 e. The van der Waals surface area contributed by atoms with Crippen LogP contribution in [0.4, 0.5) is 0 Å². The molecule has 1 heterocycles. The number of aryl methyl sites for hydroxylation is 4. The van der Waals surface area contributed by atoms with E-state index < -0.39 is 5.41 Å². The lowest BCUT2D eigenvalue weighted by atomic mass is 9.77. The van der Waals surface area contributed by atoms with Crippen molar-refractivity contribution in [2.45, 2.75) is 79.6 Å². The predicted molar refractivity (Wildman–Crippen MR) is 185 cm³/mol. The molecule has 5 aromatic rings. The van der Waals surface area contributed by atoms with E-state index in [9.17, 15) is 5.11 Å². The molecule has 1 N–H and O–H groups in total. The first-order valence-electron chi connectivity index (χ1n) is 16.0. The van der Waals surface area contributed by atoms with Gasteiger partial charge in [-0.25, -0.2) is 15.0 Å². The third kappa shape index (κ3) is 7.59. The molecule has 0 unspecified atom stereocenters. The van der Waals surface area contributed by atoms with E-state index in [-0.39, 0.29) is 5.75 Å². The summed E-state index contributed by atoms with van der Waals surface area (Å²) < 4.78 is 5.90. The topological polar surface area (TPSA) is 68.1 Å². The molecule has 0 saturated heterocycles. The van der Waals surface area contributed by atoms with Crippen molar-refractivity contribution < 1.29 is 9.84 Å². The number of aromatic nitrogens is 3. The lowest BCUT2D eigenvalue weighted by Crippen LogP contribution is -2.19. The number of phenols is 1. The van der Waals surface area contributed by atoms with Gasteiger partial charge in [-0.15, -0.1) is 0 Å². The van der Waals surface area contributed by atoms with Gasteiger partial charge in [0.05, 0.1) is 6.61 Å². The fourth-order valence-electron chi connectivity index (χ4n) is 6.01. The van der Waals surface area contributed by atoms with Crippen LogP contribution in [0, 0.1) is 27.7 Å². The summed E-state index contributed by atoms with van der Waals surface area (Å²) in [6.45, 7) is 15.5. The smallest absolute Gasteiger partial charge is 0.164 e. The Morgan fingerprint density at radius 1 is 0.600 bits per heavy atom. The minimum absolute atomic E-state index is 0.240. The second-order valence-corrected chi connectivity index (χ2v) is 12.8. The normalized spacial score (nSPS) is 11.5. The van der Waals surface area contributed by atoms with Gasteiger partial charge in [0.15, 0.2) is 17.5 Å². The van der Waals surface area contributed by atoms with Crippen LogP contribution in [0.5, 0.6) is 11.5 Å². The molecule has 5 nitrogen and oxygen atoms in total. The van der Waals surface area contributed by atoms with E-state index in [1.165, 1.54) is 35.1 Å². The van der Waals surface area contributed by atoms with Crippen LogP contribution in [0.2, 0.25) is 0 Å². The van der Waals surface area contributed by atoms with Crippen LogP contribution >= 0.6 is 0 Å². The van der Waals surface area contributed by atoms with Crippen LogP contribution in [-0.2, 0) is 5.41 Å². The molecule has 0 aliphatic rings. The SMILES string of the molecule is CCCCCCOc1ccc(C(C)(C)c2ccc(-c3nc(-c4cc(C)cc(C)c4)nc(-c4cc(C)cc(C)c4)n3)cc2)c(O)c1. The summed E-state index contributed by atoms with van der Waals surface area (Å²) in [6.07, 6.45) is 4.60. The monoisotopic (exact) mass is 599 g/mol. The second-order valence-electron chi connectivity index (χ2n) is 12.8. The van der Waals surface area contributed by atoms with Crippen molar-refractivity contribution in [1.82, 2.24) is 15.0 Å². The van der Waals surface area contributed by atoms with Crippen LogP contribution in [0.15, 0.2) is 78.9 Å². The van der Waals surface area contributed by atoms with E-state index in [0.717, 1.165) is 40.7 Å². The summed E-state index contributed by atoms with van der Waals surface area (Å²) in [6, 6.07) is 26.8. The molecule has 0 radical (unpaired) electrons. The molecule has 5 rings (SSSR count). The highest BCUT2D eigenvalue weighted by Crippen LogP contribution is 2.39. The fourth-order valence-corrected chi connectivity index (χ4v) is 6.01. The maximum absolute atomic E-state index is 11.0. The van der Waals surface area contributed by atoms with Crippen molar-refractivity contribution in [1.29, 1.82) is 0 Å². The van der Waals surface area contributed by atoms with Gasteiger partial charge in [0, 0.05) is 33.7 Å². The van der Waals surface area contributed by atoms with E-state index in [4.69, 9.17) is 19.7 Å². The third-order valence-electron chi connectivity index (χ3n) is 8.37. The molecule has 0 bridgehead atoms. The van der Waals surface area contributed by atoms with Crippen LogP contribution in [0.3, 0.4) is 0 Å². The van der Waals surface area contributed by atoms with E-state index >= 15 is 0 Å². The quantitative estimate of drug-likeness (QED) is 0.153. The third-order valence-corrected chi connectivity index (χ3v) is 8.37. The van der Waals surface area contributed by atoms with Gasteiger partial charge in [0.2, 0.25) is 0 Å². The van der Waals surface area contributed by atoms with Crippen LogP contribution in [0.1, 0.15) is 79.8 Å². The lowest BCUT2D eigenvalue weighted by molar-refractivity contribution is 0.303. The summed E-state index contributed by atoms with van der Waals surface area (Å²) in [5.41, 5.74) is 9.02. The molecule has 0 saturated carbocycles. The molecule has 0 fully saturated rings. The molecule has 0 aliphatic carbocycles. The van der Waals surface area contributed by atoms with Gasteiger partial charge in [-0.3, -0.25) is 0 Å². The Balaban J connectivity index is 1.47. The standard InChI is InChI=1S/C40H45N3O2/c1-8-9-10-11-18-45-34-16-17-35(36(44)25-34)40(6,7)33-14-12-30(13-15-33)37-41-38(31-21-26(2)19-27(3)22-31)43-39(42-37)32-23-28(4)20-29(5)24-32/h12-17,19-25,44H,8-11,18H2,1-7H3. The highest BCUT2D eigenvalue weighted by molar-refractivity contribution is 5.68. The molecule has 0 amide bonds. The Morgan fingerprint density at radius 2 is 1.11 bits per heavy atom. The summed E-state index contributed by atoms with van der Waals surface area (Å²) >= 11 is 0. The van der Waals surface area contributed by atoms with Crippen molar-refractivity contribution in [2.24, 2.45) is 0 Å².